The second-order valence-corrected chi connectivity index (χ2v) is 5.27. The van der Waals surface area contributed by atoms with E-state index in [2.05, 4.69) is 20.9 Å². The monoisotopic (exact) mass is 324 g/mol. The topological polar surface area (TPSA) is 83.6 Å². The number of oxazole rings is 1. The van der Waals surface area contributed by atoms with E-state index in [4.69, 9.17) is 9.52 Å². The van der Waals surface area contributed by atoms with Gasteiger partial charge in [-0.15, -0.1) is 0 Å². The number of hydrogen-bond acceptors (Lipinski definition) is 4. The van der Waals surface area contributed by atoms with Gasteiger partial charge in [-0.1, -0.05) is 15.9 Å². The number of hydrogen-bond donors (Lipinski definition) is 1. The van der Waals surface area contributed by atoms with Gasteiger partial charge in [-0.25, -0.2) is 0 Å². The van der Waals surface area contributed by atoms with Crippen molar-refractivity contribution in [2.75, 3.05) is 11.4 Å². The van der Waals surface area contributed by atoms with Crippen molar-refractivity contribution in [2.45, 2.75) is 6.42 Å². The number of carbonyl (C=O) groups is 2. The second-order valence-electron chi connectivity index (χ2n) is 4.35. The Kier molecular flexibility index (Phi) is 2.78. The maximum Gasteiger partial charge on any atom is 0.308 e. The molecule has 0 radical (unpaired) electrons. The van der Waals surface area contributed by atoms with Crippen LogP contribution < -0.4 is 4.90 Å². The van der Waals surface area contributed by atoms with E-state index in [0.29, 0.717) is 11.1 Å². The summed E-state index contributed by atoms with van der Waals surface area (Å²) < 4.78 is 6.34. The molecule has 0 aliphatic carbocycles. The Morgan fingerprint density at radius 2 is 2.32 bits per heavy atom. The molecule has 1 aromatic heterocycles. The fourth-order valence-corrected chi connectivity index (χ4v) is 2.41. The molecule has 0 saturated carbocycles. The van der Waals surface area contributed by atoms with Gasteiger partial charge in [0.25, 0.3) is 0 Å². The van der Waals surface area contributed by atoms with Crippen LogP contribution in [-0.4, -0.2) is 28.5 Å². The summed E-state index contributed by atoms with van der Waals surface area (Å²) in [5.41, 5.74) is 1.18. The van der Waals surface area contributed by atoms with Gasteiger partial charge in [0.1, 0.15) is 5.52 Å². The highest BCUT2D eigenvalue weighted by Crippen LogP contribution is 2.29. The number of rotatable bonds is 2. The van der Waals surface area contributed by atoms with Gasteiger partial charge in [0.05, 0.1) is 5.92 Å². The van der Waals surface area contributed by atoms with E-state index in [1.165, 1.54) is 4.90 Å². The first-order valence-corrected chi connectivity index (χ1v) is 6.43. The zero-order valence-electron chi connectivity index (χ0n) is 9.67. The molecule has 1 fully saturated rings. The fourth-order valence-electron chi connectivity index (χ4n) is 2.06. The quantitative estimate of drug-likeness (QED) is 0.913. The van der Waals surface area contributed by atoms with Gasteiger partial charge in [-0.05, 0) is 18.2 Å². The standard InChI is InChI=1S/C12H9BrN2O4/c13-7-1-2-9-8(4-7)14-12(19-9)15-5-6(11(17)18)3-10(15)16/h1-2,4,6H,3,5H2,(H,17,18). The van der Waals surface area contributed by atoms with Crippen LogP contribution >= 0.6 is 15.9 Å². The maximum atomic E-state index is 11.8. The number of aliphatic carboxylic acids is 1. The van der Waals surface area contributed by atoms with Crippen LogP contribution in [0, 0.1) is 5.92 Å². The minimum Gasteiger partial charge on any atom is -0.481 e. The molecule has 1 unspecified atom stereocenters. The number of carboxylic acid groups (broad SMARTS) is 1. The summed E-state index contributed by atoms with van der Waals surface area (Å²) >= 11 is 3.33. The summed E-state index contributed by atoms with van der Waals surface area (Å²) in [7, 11) is 0. The van der Waals surface area contributed by atoms with E-state index in [9.17, 15) is 9.59 Å². The molecule has 98 valence electrons. The molecule has 2 aromatic rings. The number of carboxylic acids is 1. The highest BCUT2D eigenvalue weighted by atomic mass is 79.9. The highest BCUT2D eigenvalue weighted by Gasteiger charge is 2.37. The fraction of sp³-hybridized carbons (Fsp3) is 0.250. The van der Waals surface area contributed by atoms with Gasteiger partial charge in [0.2, 0.25) is 5.91 Å². The van der Waals surface area contributed by atoms with Gasteiger partial charge in [0, 0.05) is 17.4 Å². The minimum atomic E-state index is -0.977. The molecule has 1 saturated heterocycles. The molecular weight excluding hydrogens is 316 g/mol. The van der Waals surface area contributed by atoms with Crippen molar-refractivity contribution in [1.29, 1.82) is 0 Å². The van der Waals surface area contributed by atoms with Crippen LogP contribution in [-0.2, 0) is 9.59 Å². The molecule has 0 spiro atoms. The van der Waals surface area contributed by atoms with Gasteiger partial charge in [-0.3, -0.25) is 14.5 Å². The van der Waals surface area contributed by atoms with Gasteiger partial charge in [-0.2, -0.15) is 4.98 Å². The molecule has 1 aromatic carbocycles. The number of anilines is 1. The van der Waals surface area contributed by atoms with Crippen molar-refractivity contribution >= 4 is 44.9 Å². The normalized spacial score (nSPS) is 19.3. The lowest BCUT2D eigenvalue weighted by Crippen LogP contribution is -2.25. The van der Waals surface area contributed by atoms with Crippen LogP contribution in [0.3, 0.4) is 0 Å². The molecule has 3 rings (SSSR count). The van der Waals surface area contributed by atoms with E-state index < -0.39 is 11.9 Å². The summed E-state index contributed by atoms with van der Waals surface area (Å²) in [5, 5.41) is 8.94. The van der Waals surface area contributed by atoms with Crippen molar-refractivity contribution in [3.63, 3.8) is 0 Å². The van der Waals surface area contributed by atoms with Crippen molar-refractivity contribution < 1.29 is 19.1 Å². The highest BCUT2D eigenvalue weighted by molar-refractivity contribution is 9.10. The minimum absolute atomic E-state index is 0.0161. The smallest absolute Gasteiger partial charge is 0.308 e. The van der Waals surface area contributed by atoms with Crippen LogP contribution in [0.4, 0.5) is 6.01 Å². The Morgan fingerprint density at radius 3 is 3.00 bits per heavy atom. The molecule has 1 atom stereocenters. The second kappa shape index (κ2) is 4.34. The van der Waals surface area contributed by atoms with Crippen LogP contribution in [0.25, 0.3) is 11.1 Å². The molecule has 7 heteroatoms. The maximum absolute atomic E-state index is 11.8. The van der Waals surface area contributed by atoms with Crippen LogP contribution in [0.1, 0.15) is 6.42 Å². The van der Waals surface area contributed by atoms with E-state index in [1.807, 2.05) is 6.07 Å². The Balaban J connectivity index is 1.96. The summed E-state index contributed by atoms with van der Waals surface area (Å²) in [6.07, 6.45) is -0.0161. The molecule has 1 N–H and O–H groups in total. The molecule has 1 amide bonds. The average Bonchev–Trinajstić information content (AvgIpc) is 2.91. The molecule has 1 aliphatic rings. The van der Waals surface area contributed by atoms with Gasteiger partial charge >= 0.3 is 12.0 Å². The summed E-state index contributed by atoms with van der Waals surface area (Å²) in [5.74, 6) is -1.96. The lowest BCUT2D eigenvalue weighted by Gasteiger charge is -2.09. The Bertz CT molecular complexity index is 681. The number of halogens is 1. The largest absolute Gasteiger partial charge is 0.481 e. The number of fused-ring (bicyclic) bond motifs is 1. The lowest BCUT2D eigenvalue weighted by atomic mass is 10.1. The summed E-state index contributed by atoms with van der Waals surface area (Å²) in [6.45, 7) is 0.0994. The summed E-state index contributed by atoms with van der Waals surface area (Å²) in [6, 6.07) is 5.48. The first-order valence-electron chi connectivity index (χ1n) is 5.64. The van der Waals surface area contributed by atoms with E-state index in [-0.39, 0.29) is 24.9 Å². The van der Waals surface area contributed by atoms with Gasteiger partial charge in [0.15, 0.2) is 5.58 Å². The van der Waals surface area contributed by atoms with E-state index in [1.54, 1.807) is 12.1 Å². The molecule has 19 heavy (non-hydrogen) atoms. The molecule has 6 nitrogen and oxygen atoms in total. The number of carbonyl (C=O) groups excluding carboxylic acids is 1. The molecule has 2 heterocycles. The number of nitrogens with zero attached hydrogens (tertiary/aromatic N) is 2. The van der Waals surface area contributed by atoms with Gasteiger partial charge < -0.3 is 9.52 Å². The predicted molar refractivity (Wildman–Crippen MR) is 69.8 cm³/mol. The third kappa shape index (κ3) is 2.10. The van der Waals surface area contributed by atoms with Crippen molar-refractivity contribution in [3.8, 4) is 0 Å². The summed E-state index contributed by atoms with van der Waals surface area (Å²) in [4.78, 5) is 28.2. The van der Waals surface area contributed by atoms with Crippen molar-refractivity contribution in [3.05, 3.63) is 22.7 Å². The zero-order valence-corrected chi connectivity index (χ0v) is 11.3. The Labute approximate surface area is 116 Å². The SMILES string of the molecule is O=C(O)C1CC(=O)N(c2nc3cc(Br)ccc3o2)C1. The first-order chi connectivity index (χ1) is 9.04. The molecule has 0 bridgehead atoms. The number of aromatic nitrogens is 1. The predicted octanol–water partition coefficient (Wildman–Crippen LogP) is 2.03. The van der Waals surface area contributed by atoms with E-state index >= 15 is 0 Å². The molecule has 1 aliphatic heterocycles. The van der Waals surface area contributed by atoms with E-state index in [0.717, 1.165) is 4.47 Å². The third-order valence-corrected chi connectivity index (χ3v) is 3.54. The van der Waals surface area contributed by atoms with Crippen LogP contribution in [0.2, 0.25) is 0 Å². The van der Waals surface area contributed by atoms with Crippen LogP contribution in [0.15, 0.2) is 27.1 Å². The number of amides is 1. The lowest BCUT2D eigenvalue weighted by molar-refractivity contribution is -0.141. The zero-order chi connectivity index (χ0) is 13.6. The van der Waals surface area contributed by atoms with Crippen molar-refractivity contribution in [1.82, 2.24) is 4.98 Å². The van der Waals surface area contributed by atoms with Crippen molar-refractivity contribution in [2.24, 2.45) is 5.92 Å². The van der Waals surface area contributed by atoms with Crippen LogP contribution in [0.5, 0.6) is 0 Å². The average molecular weight is 325 g/mol. The third-order valence-electron chi connectivity index (χ3n) is 3.04. The first kappa shape index (κ1) is 12.2. The number of benzene rings is 1. The molecular formula is C12H9BrN2O4. The Hall–Kier alpha value is -1.89. The Morgan fingerprint density at radius 1 is 1.53 bits per heavy atom.